The van der Waals surface area contributed by atoms with Crippen LogP contribution in [-0.2, 0) is 14.6 Å². The molecule has 0 bridgehead atoms. The van der Waals surface area contributed by atoms with Crippen LogP contribution in [0.4, 0.5) is 0 Å². The molecule has 1 amide bonds. The molecule has 19 heavy (non-hydrogen) atoms. The summed E-state index contributed by atoms with van der Waals surface area (Å²) in [5.74, 6) is 2.64. The van der Waals surface area contributed by atoms with E-state index >= 15 is 0 Å². The normalized spacial score (nSPS) is 29.6. The van der Waals surface area contributed by atoms with E-state index < -0.39 is 9.84 Å². The van der Waals surface area contributed by atoms with Crippen molar-refractivity contribution in [3.63, 3.8) is 0 Å². The summed E-state index contributed by atoms with van der Waals surface area (Å²) < 4.78 is 23.1. The van der Waals surface area contributed by atoms with Crippen molar-refractivity contribution in [2.45, 2.75) is 37.8 Å². The van der Waals surface area contributed by atoms with E-state index in [1.165, 1.54) is 0 Å². The molecule has 0 aromatic heterocycles. The minimum absolute atomic E-state index is 0.0419. The Morgan fingerprint density at radius 3 is 2.68 bits per heavy atom. The fraction of sp³-hybridized carbons (Fsp3) is 0.769. The number of rotatable bonds is 3. The molecule has 5 nitrogen and oxygen atoms in total. The third-order valence-electron chi connectivity index (χ3n) is 3.80. The first kappa shape index (κ1) is 14.4. The Hall–Kier alpha value is -1.06. The Morgan fingerprint density at radius 2 is 2.16 bits per heavy atom. The molecule has 2 saturated heterocycles. The number of nitrogens with zero attached hydrogens (tertiary/aromatic N) is 1. The van der Waals surface area contributed by atoms with E-state index in [-0.39, 0.29) is 36.0 Å². The molecule has 2 aliphatic rings. The molecule has 0 saturated carbocycles. The van der Waals surface area contributed by atoms with Crippen molar-refractivity contribution in [2.75, 3.05) is 24.6 Å². The predicted octanol–water partition coefficient (Wildman–Crippen LogP) is -0.223. The molecule has 2 fully saturated rings. The van der Waals surface area contributed by atoms with E-state index in [9.17, 15) is 13.2 Å². The quantitative estimate of drug-likeness (QED) is 0.728. The Morgan fingerprint density at radius 1 is 1.37 bits per heavy atom. The molecule has 0 radical (unpaired) electrons. The lowest BCUT2D eigenvalue weighted by Crippen LogP contribution is -2.52. The molecule has 2 rings (SSSR count). The molecule has 1 N–H and O–H groups in total. The van der Waals surface area contributed by atoms with Crippen LogP contribution >= 0.6 is 0 Å². The van der Waals surface area contributed by atoms with Gasteiger partial charge in [-0.05, 0) is 25.8 Å². The number of sulfone groups is 1. The molecule has 0 aromatic carbocycles. The zero-order chi connectivity index (χ0) is 13.9. The predicted molar refractivity (Wildman–Crippen MR) is 73.2 cm³/mol. The van der Waals surface area contributed by atoms with Crippen LogP contribution in [0.25, 0.3) is 0 Å². The van der Waals surface area contributed by atoms with Gasteiger partial charge in [0.25, 0.3) is 0 Å². The van der Waals surface area contributed by atoms with Gasteiger partial charge < -0.3 is 10.2 Å². The van der Waals surface area contributed by atoms with Crippen molar-refractivity contribution in [3.05, 3.63) is 0 Å². The van der Waals surface area contributed by atoms with Gasteiger partial charge in [0.1, 0.15) is 0 Å². The molecule has 2 atom stereocenters. The molecule has 106 valence electrons. The van der Waals surface area contributed by atoms with Crippen molar-refractivity contribution in [3.8, 4) is 12.3 Å². The van der Waals surface area contributed by atoms with Crippen molar-refractivity contribution in [2.24, 2.45) is 0 Å². The summed E-state index contributed by atoms with van der Waals surface area (Å²) in [4.78, 5) is 14.0. The molecular weight excluding hydrogens is 264 g/mol. The van der Waals surface area contributed by atoms with E-state index in [2.05, 4.69) is 11.2 Å². The number of terminal acetylenes is 1. The average Bonchev–Trinajstić information content (AvgIpc) is 2.76. The molecule has 0 aromatic rings. The zero-order valence-electron chi connectivity index (χ0n) is 11.0. The van der Waals surface area contributed by atoms with Gasteiger partial charge in [-0.15, -0.1) is 6.42 Å². The highest BCUT2D eigenvalue weighted by atomic mass is 32.2. The second-order valence-electron chi connectivity index (χ2n) is 5.23. The first-order chi connectivity index (χ1) is 9.03. The number of piperidine rings is 1. The van der Waals surface area contributed by atoms with Crippen LogP contribution in [-0.4, -0.2) is 55.9 Å². The highest BCUT2D eigenvalue weighted by Crippen LogP contribution is 2.20. The minimum Gasteiger partial charge on any atom is -0.326 e. The van der Waals surface area contributed by atoms with Gasteiger partial charge in [-0.1, -0.05) is 12.3 Å². The Labute approximate surface area is 114 Å². The van der Waals surface area contributed by atoms with E-state index in [0.29, 0.717) is 6.42 Å². The minimum atomic E-state index is -3.01. The molecule has 0 aliphatic carbocycles. The highest BCUT2D eigenvalue weighted by Gasteiger charge is 2.36. The van der Waals surface area contributed by atoms with E-state index in [1.54, 1.807) is 4.90 Å². The largest absolute Gasteiger partial charge is 0.326 e. The molecule has 1 unspecified atom stereocenters. The number of carbonyl (C=O) groups excluding carboxylic acids is 1. The summed E-state index contributed by atoms with van der Waals surface area (Å²) >= 11 is 0. The van der Waals surface area contributed by atoms with Crippen LogP contribution in [0.1, 0.15) is 25.7 Å². The summed E-state index contributed by atoms with van der Waals surface area (Å²) in [7, 11) is -3.01. The third-order valence-corrected chi connectivity index (χ3v) is 5.55. The SMILES string of the molecule is C#CCN(C(=O)[C@@H]1CCCCN1)C1CCS(=O)(=O)C1. The van der Waals surface area contributed by atoms with E-state index in [0.717, 1.165) is 25.8 Å². The second-order valence-corrected chi connectivity index (χ2v) is 7.46. The summed E-state index contributed by atoms with van der Waals surface area (Å²) in [5.41, 5.74) is 0. The van der Waals surface area contributed by atoms with Gasteiger partial charge in [0.05, 0.1) is 24.1 Å². The van der Waals surface area contributed by atoms with E-state index in [4.69, 9.17) is 6.42 Å². The van der Waals surface area contributed by atoms with Crippen molar-refractivity contribution in [1.82, 2.24) is 10.2 Å². The van der Waals surface area contributed by atoms with Gasteiger partial charge >= 0.3 is 0 Å². The van der Waals surface area contributed by atoms with Crippen molar-refractivity contribution < 1.29 is 13.2 Å². The van der Waals surface area contributed by atoms with Crippen LogP contribution < -0.4 is 5.32 Å². The van der Waals surface area contributed by atoms with Crippen LogP contribution in [0.3, 0.4) is 0 Å². The molecule has 0 spiro atoms. The lowest BCUT2D eigenvalue weighted by Gasteiger charge is -2.32. The van der Waals surface area contributed by atoms with Crippen molar-refractivity contribution >= 4 is 15.7 Å². The van der Waals surface area contributed by atoms with Crippen LogP contribution in [0.2, 0.25) is 0 Å². The zero-order valence-corrected chi connectivity index (χ0v) is 11.8. The smallest absolute Gasteiger partial charge is 0.240 e. The monoisotopic (exact) mass is 284 g/mol. The lowest BCUT2D eigenvalue weighted by atomic mass is 10.0. The summed E-state index contributed by atoms with van der Waals surface area (Å²) in [6.07, 6.45) is 8.73. The fourth-order valence-corrected chi connectivity index (χ4v) is 4.50. The third kappa shape index (κ3) is 3.48. The molecule has 6 heteroatoms. The molecule has 2 heterocycles. The second kappa shape index (κ2) is 5.93. The number of nitrogens with one attached hydrogen (secondary N) is 1. The van der Waals surface area contributed by atoms with Crippen LogP contribution in [0.5, 0.6) is 0 Å². The molecular formula is C13H20N2O3S. The summed E-state index contributed by atoms with van der Waals surface area (Å²) in [5, 5.41) is 3.19. The van der Waals surface area contributed by atoms with Crippen molar-refractivity contribution in [1.29, 1.82) is 0 Å². The summed E-state index contributed by atoms with van der Waals surface area (Å²) in [6.45, 7) is 1.03. The maximum Gasteiger partial charge on any atom is 0.240 e. The average molecular weight is 284 g/mol. The first-order valence-corrected chi connectivity index (χ1v) is 8.53. The highest BCUT2D eigenvalue weighted by molar-refractivity contribution is 7.91. The standard InChI is InChI=1S/C13H20N2O3S/c1-2-8-15(11-6-9-19(17,18)10-11)13(16)12-5-3-4-7-14-12/h1,11-12,14H,3-10H2/t11?,12-/m0/s1. The number of amides is 1. The Bertz CT molecular complexity index is 475. The number of carbonyl (C=O) groups is 1. The summed E-state index contributed by atoms with van der Waals surface area (Å²) in [6, 6.07) is -0.456. The number of hydrogen-bond donors (Lipinski definition) is 1. The first-order valence-electron chi connectivity index (χ1n) is 6.71. The van der Waals surface area contributed by atoms with E-state index in [1.807, 2.05) is 0 Å². The Kier molecular flexibility index (Phi) is 4.48. The Balaban J connectivity index is 2.07. The number of hydrogen-bond acceptors (Lipinski definition) is 4. The maximum absolute atomic E-state index is 12.5. The fourth-order valence-electron chi connectivity index (χ4n) is 2.77. The van der Waals surface area contributed by atoms with Gasteiger partial charge in [0.15, 0.2) is 9.84 Å². The van der Waals surface area contributed by atoms with Gasteiger partial charge in [0, 0.05) is 6.04 Å². The lowest BCUT2D eigenvalue weighted by molar-refractivity contribution is -0.135. The molecule has 2 aliphatic heterocycles. The van der Waals surface area contributed by atoms with Gasteiger partial charge in [-0.25, -0.2) is 8.42 Å². The van der Waals surface area contributed by atoms with Crippen LogP contribution in [0, 0.1) is 12.3 Å². The van der Waals surface area contributed by atoms with Gasteiger partial charge in [-0.3, -0.25) is 4.79 Å². The van der Waals surface area contributed by atoms with Gasteiger partial charge in [0.2, 0.25) is 5.91 Å². The topological polar surface area (TPSA) is 66.5 Å². The van der Waals surface area contributed by atoms with Crippen LogP contribution in [0.15, 0.2) is 0 Å². The van der Waals surface area contributed by atoms with Gasteiger partial charge in [-0.2, -0.15) is 0 Å². The maximum atomic E-state index is 12.5.